The van der Waals surface area contributed by atoms with Gasteiger partial charge >= 0.3 is 0 Å². The zero-order valence-corrected chi connectivity index (χ0v) is 11.2. The number of nitrogens with zero attached hydrogens (tertiary/aromatic N) is 1. The van der Waals surface area contributed by atoms with Gasteiger partial charge in [0.1, 0.15) is 0 Å². The Morgan fingerprint density at radius 1 is 1.37 bits per heavy atom. The minimum absolute atomic E-state index is 0.241. The monoisotopic (exact) mass is 278 g/mol. The van der Waals surface area contributed by atoms with Gasteiger partial charge in [0.25, 0.3) is 5.91 Å². The number of amides is 1. The fourth-order valence-electron chi connectivity index (χ4n) is 1.57. The maximum atomic E-state index is 11.8. The van der Waals surface area contributed by atoms with Crippen molar-refractivity contribution in [2.45, 2.75) is 13.3 Å². The van der Waals surface area contributed by atoms with E-state index in [9.17, 15) is 9.90 Å². The Labute approximate surface area is 114 Å². The fraction of sp³-hybridized carbons (Fsp3) is 0.231. The summed E-state index contributed by atoms with van der Waals surface area (Å²) in [5, 5.41) is 24.2. The van der Waals surface area contributed by atoms with Crippen molar-refractivity contribution in [1.82, 2.24) is 10.3 Å². The molecule has 1 amide bonds. The predicted octanol–water partition coefficient (Wildman–Crippen LogP) is 1.84. The van der Waals surface area contributed by atoms with Crippen LogP contribution in [-0.2, 0) is 6.42 Å². The summed E-state index contributed by atoms with van der Waals surface area (Å²) in [4.78, 5) is 16.1. The Bertz CT molecular complexity index is 595. The molecule has 0 radical (unpaired) electrons. The van der Waals surface area contributed by atoms with Crippen molar-refractivity contribution in [1.29, 1.82) is 0 Å². The van der Waals surface area contributed by atoms with Gasteiger partial charge in [0.05, 0.1) is 5.01 Å². The minimum Gasteiger partial charge on any atom is -0.504 e. The Morgan fingerprint density at radius 2 is 2.16 bits per heavy atom. The van der Waals surface area contributed by atoms with E-state index < -0.39 is 0 Å². The van der Waals surface area contributed by atoms with Gasteiger partial charge < -0.3 is 15.5 Å². The van der Waals surface area contributed by atoms with Gasteiger partial charge in [0.2, 0.25) is 0 Å². The lowest BCUT2D eigenvalue weighted by Gasteiger charge is -2.05. The molecule has 5 nitrogen and oxygen atoms in total. The maximum Gasteiger partial charge on any atom is 0.251 e. The largest absolute Gasteiger partial charge is 0.504 e. The number of phenolic OH excluding ortho intramolecular Hbond substituents is 2. The SMILES string of the molecule is Cc1csc(CCNC(=O)c2ccc(O)c(O)c2)n1. The van der Waals surface area contributed by atoms with Crippen LogP contribution < -0.4 is 5.32 Å². The van der Waals surface area contributed by atoms with Crippen LogP contribution in [0.1, 0.15) is 21.1 Å². The Morgan fingerprint density at radius 3 is 2.79 bits per heavy atom. The highest BCUT2D eigenvalue weighted by Gasteiger charge is 2.08. The third-order valence-electron chi connectivity index (χ3n) is 2.53. The van der Waals surface area contributed by atoms with Gasteiger partial charge in [-0.2, -0.15) is 0 Å². The van der Waals surface area contributed by atoms with Crippen molar-refractivity contribution in [2.75, 3.05) is 6.54 Å². The van der Waals surface area contributed by atoms with E-state index in [2.05, 4.69) is 10.3 Å². The number of hydrogen-bond donors (Lipinski definition) is 3. The van der Waals surface area contributed by atoms with Crippen LogP contribution in [0.4, 0.5) is 0 Å². The number of nitrogens with one attached hydrogen (secondary N) is 1. The quantitative estimate of drug-likeness (QED) is 0.745. The van der Waals surface area contributed by atoms with Crippen molar-refractivity contribution < 1.29 is 15.0 Å². The number of carbonyl (C=O) groups is 1. The Kier molecular flexibility index (Phi) is 4.01. The zero-order chi connectivity index (χ0) is 13.8. The molecule has 6 heteroatoms. The van der Waals surface area contributed by atoms with Crippen molar-refractivity contribution in [3.63, 3.8) is 0 Å². The van der Waals surface area contributed by atoms with Crippen LogP contribution in [0.15, 0.2) is 23.6 Å². The third-order valence-corrected chi connectivity index (χ3v) is 3.56. The molecular formula is C13H14N2O3S. The Balaban J connectivity index is 1.89. The predicted molar refractivity (Wildman–Crippen MR) is 72.7 cm³/mol. The Hall–Kier alpha value is -2.08. The van der Waals surface area contributed by atoms with Gasteiger partial charge in [0.15, 0.2) is 11.5 Å². The number of phenols is 2. The molecular weight excluding hydrogens is 264 g/mol. The maximum absolute atomic E-state index is 11.8. The summed E-state index contributed by atoms with van der Waals surface area (Å²) in [5.74, 6) is -0.832. The molecule has 0 aliphatic rings. The van der Waals surface area contributed by atoms with E-state index in [0.29, 0.717) is 18.5 Å². The van der Waals surface area contributed by atoms with Crippen LogP contribution in [0.25, 0.3) is 0 Å². The van der Waals surface area contributed by atoms with Gasteiger partial charge in [-0.15, -0.1) is 11.3 Å². The van der Waals surface area contributed by atoms with Gasteiger partial charge in [-0.3, -0.25) is 4.79 Å². The standard InChI is InChI=1S/C13H14N2O3S/c1-8-7-19-12(15-8)4-5-14-13(18)9-2-3-10(16)11(17)6-9/h2-3,6-7,16-17H,4-5H2,1H3,(H,14,18). The lowest BCUT2D eigenvalue weighted by atomic mass is 10.2. The number of benzene rings is 1. The molecule has 0 saturated heterocycles. The molecule has 2 aromatic rings. The van der Waals surface area contributed by atoms with Gasteiger partial charge in [0, 0.05) is 29.6 Å². The summed E-state index contributed by atoms with van der Waals surface area (Å²) in [5.41, 5.74) is 1.29. The third kappa shape index (κ3) is 3.45. The molecule has 0 atom stereocenters. The number of aromatic hydroxyl groups is 2. The molecule has 2 rings (SSSR count). The van der Waals surface area contributed by atoms with Gasteiger partial charge in [-0.1, -0.05) is 0 Å². The molecule has 0 aliphatic heterocycles. The molecule has 0 bridgehead atoms. The van der Waals surface area contributed by atoms with Crippen LogP contribution >= 0.6 is 11.3 Å². The summed E-state index contributed by atoms with van der Waals surface area (Å²) in [6, 6.07) is 3.98. The summed E-state index contributed by atoms with van der Waals surface area (Å²) >= 11 is 1.57. The molecule has 0 unspecified atom stereocenters. The van der Waals surface area contributed by atoms with Crippen LogP contribution in [0.5, 0.6) is 11.5 Å². The smallest absolute Gasteiger partial charge is 0.251 e. The summed E-state index contributed by atoms with van der Waals surface area (Å²) < 4.78 is 0. The number of hydrogen-bond acceptors (Lipinski definition) is 5. The normalized spacial score (nSPS) is 10.4. The molecule has 1 heterocycles. The summed E-state index contributed by atoms with van der Waals surface area (Å²) in [6.07, 6.45) is 0.675. The van der Waals surface area contributed by atoms with Crippen molar-refractivity contribution in [2.24, 2.45) is 0 Å². The van der Waals surface area contributed by atoms with Crippen LogP contribution in [0.2, 0.25) is 0 Å². The first-order valence-corrected chi connectivity index (χ1v) is 6.65. The highest BCUT2D eigenvalue weighted by molar-refractivity contribution is 7.09. The van der Waals surface area contributed by atoms with Gasteiger partial charge in [-0.05, 0) is 25.1 Å². The van der Waals surface area contributed by atoms with E-state index >= 15 is 0 Å². The molecule has 3 N–H and O–H groups in total. The van der Waals surface area contributed by atoms with E-state index in [0.717, 1.165) is 10.7 Å². The van der Waals surface area contributed by atoms with Crippen molar-refractivity contribution in [3.8, 4) is 11.5 Å². The van der Waals surface area contributed by atoms with Crippen molar-refractivity contribution >= 4 is 17.2 Å². The van der Waals surface area contributed by atoms with E-state index in [1.165, 1.54) is 18.2 Å². The zero-order valence-electron chi connectivity index (χ0n) is 10.4. The lowest BCUT2D eigenvalue weighted by molar-refractivity contribution is 0.0953. The van der Waals surface area contributed by atoms with Crippen LogP contribution in [0.3, 0.4) is 0 Å². The highest BCUT2D eigenvalue weighted by atomic mass is 32.1. The van der Waals surface area contributed by atoms with E-state index in [1.54, 1.807) is 11.3 Å². The topological polar surface area (TPSA) is 82.5 Å². The summed E-state index contributed by atoms with van der Waals surface area (Å²) in [7, 11) is 0. The number of aryl methyl sites for hydroxylation is 1. The van der Waals surface area contributed by atoms with Crippen LogP contribution in [0, 0.1) is 6.92 Å². The highest BCUT2D eigenvalue weighted by Crippen LogP contribution is 2.24. The lowest BCUT2D eigenvalue weighted by Crippen LogP contribution is -2.25. The van der Waals surface area contributed by atoms with E-state index in [1.807, 2.05) is 12.3 Å². The first kappa shape index (κ1) is 13.4. The second-order valence-electron chi connectivity index (χ2n) is 4.09. The molecule has 1 aromatic carbocycles. The molecule has 0 spiro atoms. The number of carbonyl (C=O) groups excluding carboxylic acids is 1. The van der Waals surface area contributed by atoms with Gasteiger partial charge in [-0.25, -0.2) is 4.98 Å². The summed E-state index contributed by atoms with van der Waals surface area (Å²) in [6.45, 7) is 2.41. The number of aromatic nitrogens is 1. The number of thiazole rings is 1. The van der Waals surface area contributed by atoms with E-state index in [4.69, 9.17) is 5.11 Å². The fourth-order valence-corrected chi connectivity index (χ4v) is 2.34. The average molecular weight is 278 g/mol. The number of rotatable bonds is 4. The molecule has 19 heavy (non-hydrogen) atoms. The molecule has 100 valence electrons. The van der Waals surface area contributed by atoms with Crippen LogP contribution in [-0.4, -0.2) is 27.6 Å². The first-order chi connectivity index (χ1) is 9.06. The van der Waals surface area contributed by atoms with Crippen molar-refractivity contribution in [3.05, 3.63) is 39.8 Å². The molecule has 0 fully saturated rings. The molecule has 0 saturated carbocycles. The second-order valence-corrected chi connectivity index (χ2v) is 5.03. The average Bonchev–Trinajstić information content (AvgIpc) is 2.78. The molecule has 0 aliphatic carbocycles. The second kappa shape index (κ2) is 5.71. The van der Waals surface area contributed by atoms with E-state index in [-0.39, 0.29) is 17.4 Å². The minimum atomic E-state index is -0.303. The molecule has 1 aromatic heterocycles. The first-order valence-electron chi connectivity index (χ1n) is 5.77.